The molecule has 0 aromatic heterocycles. The molecular weight excluding hydrogens is 352 g/mol. The molecule has 0 aromatic carbocycles. The van der Waals surface area contributed by atoms with E-state index < -0.39 is 0 Å². The summed E-state index contributed by atoms with van der Waals surface area (Å²) in [6.45, 7) is 15.1. The highest BCUT2D eigenvalue weighted by Crippen LogP contribution is 2.61. The summed E-state index contributed by atoms with van der Waals surface area (Å²) < 4.78 is 10.8. The van der Waals surface area contributed by atoms with Gasteiger partial charge in [-0.15, -0.1) is 0 Å². The van der Waals surface area contributed by atoms with Crippen molar-refractivity contribution >= 4 is 11.9 Å². The summed E-state index contributed by atoms with van der Waals surface area (Å²) >= 11 is 0. The van der Waals surface area contributed by atoms with Crippen LogP contribution in [0.4, 0.5) is 0 Å². The minimum absolute atomic E-state index is 0.0122. The van der Waals surface area contributed by atoms with Crippen LogP contribution in [0.5, 0.6) is 0 Å². The summed E-state index contributed by atoms with van der Waals surface area (Å²) in [5.41, 5.74) is 1.75. The predicted octanol–water partition coefficient (Wildman–Crippen LogP) is 5.70. The molecule has 0 aliphatic heterocycles. The van der Waals surface area contributed by atoms with Gasteiger partial charge in [0.1, 0.15) is 6.10 Å². The molecule has 2 aliphatic carbocycles. The van der Waals surface area contributed by atoms with Crippen LogP contribution in [-0.4, -0.2) is 24.6 Å². The molecule has 0 spiro atoms. The zero-order valence-electron chi connectivity index (χ0n) is 19.0. The fourth-order valence-electron chi connectivity index (χ4n) is 5.99. The van der Waals surface area contributed by atoms with E-state index in [0.717, 1.165) is 32.1 Å². The highest BCUT2D eigenvalue weighted by atomic mass is 16.5. The van der Waals surface area contributed by atoms with Gasteiger partial charge >= 0.3 is 11.9 Å². The third-order valence-electron chi connectivity index (χ3n) is 7.66. The summed E-state index contributed by atoms with van der Waals surface area (Å²) in [6.07, 6.45) is 8.82. The molecule has 0 amide bonds. The molecule has 1 fully saturated rings. The van der Waals surface area contributed by atoms with Gasteiger partial charge in [-0.25, -0.2) is 0 Å². The van der Waals surface area contributed by atoms with E-state index in [1.807, 2.05) is 0 Å². The van der Waals surface area contributed by atoms with E-state index in [4.69, 9.17) is 9.47 Å². The Bertz CT molecular complexity index is 606. The molecular formula is C24H40O4. The number of hydrogen-bond donors (Lipinski definition) is 0. The van der Waals surface area contributed by atoms with Crippen molar-refractivity contribution in [2.75, 3.05) is 6.61 Å². The first-order valence-electron chi connectivity index (χ1n) is 11.0. The standard InChI is InChI=1S/C24H40O4/c1-16(13-15-27-18(3)25)8-10-20-17(2)9-11-21-23(5,6)22(28-19(4)26)12-14-24(20,21)7/h9,16,20-22H,8,10-15H2,1-7H3/t16-,20-,21-,22-,24+/m0/s1. The Morgan fingerprint density at radius 3 is 2.46 bits per heavy atom. The number of carbonyl (C=O) groups is 2. The van der Waals surface area contributed by atoms with Crippen LogP contribution in [0.2, 0.25) is 0 Å². The van der Waals surface area contributed by atoms with E-state index in [2.05, 4.69) is 40.7 Å². The van der Waals surface area contributed by atoms with Gasteiger partial charge in [0.25, 0.3) is 0 Å². The first-order chi connectivity index (χ1) is 13.0. The summed E-state index contributed by atoms with van der Waals surface area (Å²) in [7, 11) is 0. The molecule has 0 saturated heterocycles. The van der Waals surface area contributed by atoms with Gasteiger partial charge in [-0.3, -0.25) is 9.59 Å². The quantitative estimate of drug-likeness (QED) is 0.412. The van der Waals surface area contributed by atoms with Gasteiger partial charge in [0.05, 0.1) is 6.61 Å². The van der Waals surface area contributed by atoms with E-state index in [0.29, 0.717) is 24.4 Å². The minimum Gasteiger partial charge on any atom is -0.466 e. The van der Waals surface area contributed by atoms with Crippen molar-refractivity contribution in [3.8, 4) is 0 Å². The van der Waals surface area contributed by atoms with Crippen LogP contribution in [-0.2, 0) is 19.1 Å². The van der Waals surface area contributed by atoms with Crippen molar-refractivity contribution in [2.45, 2.75) is 93.1 Å². The molecule has 0 radical (unpaired) electrons. The molecule has 2 aliphatic rings. The summed E-state index contributed by atoms with van der Waals surface area (Å²) in [5.74, 6) is 1.27. The molecule has 4 heteroatoms. The first-order valence-corrected chi connectivity index (χ1v) is 11.0. The normalized spacial score (nSPS) is 32.7. The van der Waals surface area contributed by atoms with Crippen LogP contribution in [0, 0.1) is 28.6 Å². The minimum atomic E-state index is -0.194. The van der Waals surface area contributed by atoms with Crippen LogP contribution in [0.3, 0.4) is 0 Å². The lowest BCUT2D eigenvalue weighted by Gasteiger charge is -2.59. The van der Waals surface area contributed by atoms with Crippen molar-refractivity contribution in [3.63, 3.8) is 0 Å². The molecule has 0 unspecified atom stereocenters. The Balaban J connectivity index is 2.08. The second-order valence-electron chi connectivity index (χ2n) is 10.1. The van der Waals surface area contributed by atoms with E-state index in [1.54, 1.807) is 0 Å². The Hall–Kier alpha value is -1.32. The van der Waals surface area contributed by atoms with Crippen molar-refractivity contribution < 1.29 is 19.1 Å². The topological polar surface area (TPSA) is 52.6 Å². The highest BCUT2D eigenvalue weighted by Gasteiger charge is 2.56. The lowest BCUT2D eigenvalue weighted by molar-refractivity contribution is -0.171. The second kappa shape index (κ2) is 9.00. The SMILES string of the molecule is CC(=O)OCC[C@@H](C)CC[C@H]1C(C)=CC[C@H]2C(C)(C)[C@@H](OC(C)=O)CC[C@]12C. The van der Waals surface area contributed by atoms with E-state index in [1.165, 1.54) is 25.8 Å². The van der Waals surface area contributed by atoms with E-state index in [-0.39, 0.29) is 28.9 Å². The lowest BCUT2D eigenvalue weighted by Crippen LogP contribution is -2.55. The lowest BCUT2D eigenvalue weighted by atomic mass is 9.47. The number of carbonyl (C=O) groups excluding carboxylic acids is 2. The van der Waals surface area contributed by atoms with Crippen molar-refractivity contribution in [2.24, 2.45) is 28.6 Å². The van der Waals surface area contributed by atoms with Gasteiger partial charge in [0.2, 0.25) is 0 Å². The molecule has 2 rings (SSSR count). The average molecular weight is 393 g/mol. The summed E-state index contributed by atoms with van der Waals surface area (Å²) in [5, 5.41) is 0. The summed E-state index contributed by atoms with van der Waals surface area (Å²) in [6, 6.07) is 0. The molecule has 0 heterocycles. The second-order valence-corrected chi connectivity index (χ2v) is 10.1. The van der Waals surface area contributed by atoms with Gasteiger partial charge < -0.3 is 9.47 Å². The maximum Gasteiger partial charge on any atom is 0.302 e. The zero-order chi connectivity index (χ0) is 21.1. The smallest absolute Gasteiger partial charge is 0.302 e. The highest BCUT2D eigenvalue weighted by molar-refractivity contribution is 5.66. The van der Waals surface area contributed by atoms with Gasteiger partial charge in [0, 0.05) is 19.3 Å². The largest absolute Gasteiger partial charge is 0.466 e. The van der Waals surface area contributed by atoms with E-state index in [9.17, 15) is 9.59 Å². The van der Waals surface area contributed by atoms with Crippen molar-refractivity contribution in [1.82, 2.24) is 0 Å². The fraction of sp³-hybridized carbons (Fsp3) is 0.833. The summed E-state index contributed by atoms with van der Waals surface area (Å²) in [4.78, 5) is 22.6. The molecule has 5 atom stereocenters. The fourth-order valence-corrected chi connectivity index (χ4v) is 5.99. The Morgan fingerprint density at radius 1 is 1.18 bits per heavy atom. The third-order valence-corrected chi connectivity index (χ3v) is 7.66. The van der Waals surface area contributed by atoms with Crippen molar-refractivity contribution in [3.05, 3.63) is 11.6 Å². The number of allylic oxidation sites excluding steroid dienone is 2. The molecule has 0 N–H and O–H groups in total. The third kappa shape index (κ3) is 4.99. The average Bonchev–Trinajstić information content (AvgIpc) is 2.56. The number of rotatable bonds is 7. The Morgan fingerprint density at radius 2 is 1.86 bits per heavy atom. The molecule has 160 valence electrons. The van der Waals surface area contributed by atoms with Gasteiger partial charge in [0.15, 0.2) is 0 Å². The number of ether oxygens (including phenoxy) is 2. The molecule has 1 saturated carbocycles. The van der Waals surface area contributed by atoms with Gasteiger partial charge in [-0.1, -0.05) is 39.3 Å². The molecule has 0 bridgehead atoms. The van der Waals surface area contributed by atoms with Gasteiger partial charge in [-0.05, 0) is 68.6 Å². The maximum atomic E-state index is 11.6. The number of hydrogen-bond acceptors (Lipinski definition) is 4. The molecule has 4 nitrogen and oxygen atoms in total. The number of esters is 2. The zero-order valence-corrected chi connectivity index (χ0v) is 19.0. The van der Waals surface area contributed by atoms with Gasteiger partial charge in [-0.2, -0.15) is 0 Å². The van der Waals surface area contributed by atoms with Crippen LogP contribution in [0.25, 0.3) is 0 Å². The van der Waals surface area contributed by atoms with Crippen LogP contribution in [0.15, 0.2) is 11.6 Å². The Kier molecular flexibility index (Phi) is 7.38. The molecule has 0 aromatic rings. The number of fused-ring (bicyclic) bond motifs is 1. The monoisotopic (exact) mass is 392 g/mol. The van der Waals surface area contributed by atoms with Crippen LogP contribution in [0.1, 0.15) is 87.0 Å². The van der Waals surface area contributed by atoms with Crippen LogP contribution >= 0.6 is 0 Å². The molecule has 28 heavy (non-hydrogen) atoms. The van der Waals surface area contributed by atoms with Crippen molar-refractivity contribution in [1.29, 1.82) is 0 Å². The van der Waals surface area contributed by atoms with E-state index >= 15 is 0 Å². The van der Waals surface area contributed by atoms with Crippen LogP contribution < -0.4 is 0 Å². The maximum absolute atomic E-state index is 11.6. The predicted molar refractivity (Wildman–Crippen MR) is 112 cm³/mol. The Labute approximate surface area is 171 Å². The first kappa shape index (κ1) is 23.0.